The van der Waals surface area contributed by atoms with Gasteiger partial charge in [0.15, 0.2) is 0 Å². The van der Waals surface area contributed by atoms with Crippen LogP contribution in [0.1, 0.15) is 13.8 Å². The van der Waals surface area contributed by atoms with Crippen molar-refractivity contribution >= 4 is 17.8 Å². The SMILES string of the molecule is C=C(C)C(=O)O.C=C(C)C(=O)O.C=CC(=O)NCCO. The van der Waals surface area contributed by atoms with E-state index in [1.807, 2.05) is 0 Å². The number of aliphatic carboxylic acids is 2. The molecule has 0 saturated heterocycles. The summed E-state index contributed by atoms with van der Waals surface area (Å²) >= 11 is 0. The van der Waals surface area contributed by atoms with Gasteiger partial charge in [-0.25, -0.2) is 9.59 Å². The molecular weight excluding hydrogens is 266 g/mol. The number of carbonyl (C=O) groups is 3. The van der Waals surface area contributed by atoms with Crippen molar-refractivity contribution in [3.63, 3.8) is 0 Å². The third-order valence-electron chi connectivity index (χ3n) is 1.33. The number of carboxylic acid groups (broad SMARTS) is 2. The van der Waals surface area contributed by atoms with E-state index in [0.717, 1.165) is 6.08 Å². The van der Waals surface area contributed by atoms with Crippen LogP contribution in [0.5, 0.6) is 0 Å². The van der Waals surface area contributed by atoms with Gasteiger partial charge in [-0.05, 0) is 19.9 Å². The zero-order valence-corrected chi connectivity index (χ0v) is 11.7. The highest BCUT2D eigenvalue weighted by molar-refractivity contribution is 5.86. The molecule has 0 saturated carbocycles. The number of hydrogen-bond donors (Lipinski definition) is 4. The summed E-state index contributed by atoms with van der Waals surface area (Å²) in [6.07, 6.45) is 1.16. The number of carbonyl (C=O) groups excluding carboxylic acids is 1. The predicted octanol–water partition coefficient (Wildman–Crippen LogP) is 0.575. The van der Waals surface area contributed by atoms with Gasteiger partial charge in [0.1, 0.15) is 0 Å². The first-order valence-corrected chi connectivity index (χ1v) is 5.38. The Morgan fingerprint density at radius 2 is 1.35 bits per heavy atom. The lowest BCUT2D eigenvalue weighted by molar-refractivity contribution is -0.133. The van der Waals surface area contributed by atoms with Gasteiger partial charge in [0.2, 0.25) is 5.91 Å². The molecule has 0 aromatic carbocycles. The Hall–Kier alpha value is -2.41. The Kier molecular flexibility index (Phi) is 16.7. The highest BCUT2D eigenvalue weighted by Crippen LogP contribution is 1.81. The summed E-state index contributed by atoms with van der Waals surface area (Å²) in [5, 5.41) is 26.3. The van der Waals surface area contributed by atoms with Crippen molar-refractivity contribution in [1.29, 1.82) is 0 Å². The molecule has 0 rings (SSSR count). The fourth-order valence-electron chi connectivity index (χ4n) is 0.251. The van der Waals surface area contributed by atoms with Crippen LogP contribution in [0.4, 0.5) is 0 Å². The van der Waals surface area contributed by atoms with Gasteiger partial charge in [-0.2, -0.15) is 0 Å². The predicted molar refractivity (Wildman–Crippen MR) is 75.2 cm³/mol. The maximum absolute atomic E-state index is 10.2. The first-order valence-electron chi connectivity index (χ1n) is 5.38. The molecule has 1 amide bonds. The van der Waals surface area contributed by atoms with Gasteiger partial charge in [-0.3, -0.25) is 4.79 Å². The normalized spacial score (nSPS) is 7.75. The summed E-state index contributed by atoms with van der Waals surface area (Å²) < 4.78 is 0. The molecule has 0 bridgehead atoms. The molecule has 7 nitrogen and oxygen atoms in total. The molecule has 0 unspecified atom stereocenters. The molecular formula is C13H21NO6. The molecule has 0 heterocycles. The van der Waals surface area contributed by atoms with Crippen molar-refractivity contribution in [1.82, 2.24) is 5.32 Å². The van der Waals surface area contributed by atoms with Crippen LogP contribution in [0.25, 0.3) is 0 Å². The van der Waals surface area contributed by atoms with Crippen molar-refractivity contribution in [3.8, 4) is 0 Å². The Balaban J connectivity index is -0.000000221. The van der Waals surface area contributed by atoms with Gasteiger partial charge in [-0.15, -0.1) is 0 Å². The average Bonchev–Trinajstić information content (AvgIpc) is 2.37. The van der Waals surface area contributed by atoms with Crippen LogP contribution in [0, 0.1) is 0 Å². The molecule has 7 heteroatoms. The minimum absolute atomic E-state index is 0.0282. The van der Waals surface area contributed by atoms with Gasteiger partial charge in [0.05, 0.1) is 6.61 Å². The van der Waals surface area contributed by atoms with Gasteiger partial charge in [0, 0.05) is 17.7 Å². The summed E-state index contributed by atoms with van der Waals surface area (Å²) in [7, 11) is 0. The van der Waals surface area contributed by atoms with Crippen molar-refractivity contribution < 1.29 is 29.7 Å². The lowest BCUT2D eigenvalue weighted by Crippen LogP contribution is -2.23. The second kappa shape index (κ2) is 14.7. The molecule has 114 valence electrons. The molecule has 0 fully saturated rings. The van der Waals surface area contributed by atoms with Crippen LogP contribution in [-0.2, 0) is 14.4 Å². The number of aliphatic hydroxyl groups is 1. The topological polar surface area (TPSA) is 124 Å². The van der Waals surface area contributed by atoms with E-state index >= 15 is 0 Å². The van der Waals surface area contributed by atoms with Crippen LogP contribution in [0.15, 0.2) is 37.0 Å². The number of hydrogen-bond acceptors (Lipinski definition) is 4. The minimum atomic E-state index is -0.935. The molecule has 0 aromatic heterocycles. The molecule has 4 N–H and O–H groups in total. The van der Waals surface area contributed by atoms with Crippen LogP contribution in [-0.4, -0.2) is 46.3 Å². The molecule has 0 spiro atoms. The summed E-state index contributed by atoms with van der Waals surface area (Å²) in [6.45, 7) is 12.7. The Bertz CT molecular complexity index is 325. The first kappa shape index (κ1) is 22.7. The molecule has 0 aliphatic carbocycles. The van der Waals surface area contributed by atoms with Crippen LogP contribution in [0.3, 0.4) is 0 Å². The number of amides is 1. The van der Waals surface area contributed by atoms with Gasteiger partial charge < -0.3 is 20.6 Å². The van der Waals surface area contributed by atoms with E-state index in [2.05, 4.69) is 25.1 Å². The smallest absolute Gasteiger partial charge is 0.330 e. The molecule has 0 aliphatic rings. The monoisotopic (exact) mass is 287 g/mol. The van der Waals surface area contributed by atoms with E-state index in [9.17, 15) is 14.4 Å². The number of carboxylic acids is 2. The Morgan fingerprint density at radius 1 is 1.05 bits per heavy atom. The zero-order chi connectivity index (χ0) is 16.7. The van der Waals surface area contributed by atoms with E-state index in [-0.39, 0.29) is 23.7 Å². The van der Waals surface area contributed by atoms with Crippen LogP contribution >= 0.6 is 0 Å². The van der Waals surface area contributed by atoms with Crippen LogP contribution in [0.2, 0.25) is 0 Å². The summed E-state index contributed by atoms with van der Waals surface area (Å²) in [5.41, 5.74) is 0.352. The molecule has 0 aromatic rings. The Morgan fingerprint density at radius 3 is 1.50 bits per heavy atom. The van der Waals surface area contributed by atoms with E-state index in [0.29, 0.717) is 6.54 Å². The number of rotatable bonds is 5. The van der Waals surface area contributed by atoms with Crippen LogP contribution < -0.4 is 5.32 Å². The molecule has 0 aliphatic heterocycles. The number of nitrogens with one attached hydrogen (secondary N) is 1. The second-order valence-electron chi connectivity index (χ2n) is 3.39. The first-order chi connectivity index (χ1) is 9.09. The summed E-state index contributed by atoms with van der Waals surface area (Å²) in [4.78, 5) is 29.4. The molecule has 0 radical (unpaired) electrons. The fraction of sp³-hybridized carbons (Fsp3) is 0.308. The number of aliphatic hydroxyl groups excluding tert-OH is 1. The van der Waals surface area contributed by atoms with Crippen molar-refractivity contribution in [2.24, 2.45) is 0 Å². The minimum Gasteiger partial charge on any atom is -0.478 e. The Labute approximate surface area is 117 Å². The summed E-state index contributed by atoms with van der Waals surface area (Å²) in [6, 6.07) is 0. The summed E-state index contributed by atoms with van der Waals surface area (Å²) in [5.74, 6) is -2.12. The van der Waals surface area contributed by atoms with Crippen molar-refractivity contribution in [3.05, 3.63) is 37.0 Å². The van der Waals surface area contributed by atoms with E-state index in [1.165, 1.54) is 13.8 Å². The molecule has 0 atom stereocenters. The highest BCUT2D eigenvalue weighted by atomic mass is 16.4. The van der Waals surface area contributed by atoms with Crippen molar-refractivity contribution in [2.45, 2.75) is 13.8 Å². The van der Waals surface area contributed by atoms with E-state index in [4.69, 9.17) is 15.3 Å². The highest BCUT2D eigenvalue weighted by Gasteiger charge is 1.90. The van der Waals surface area contributed by atoms with E-state index in [1.54, 1.807) is 0 Å². The largest absolute Gasteiger partial charge is 0.478 e. The lowest BCUT2D eigenvalue weighted by Gasteiger charge is -1.94. The average molecular weight is 287 g/mol. The van der Waals surface area contributed by atoms with Gasteiger partial charge in [0.25, 0.3) is 0 Å². The third-order valence-corrected chi connectivity index (χ3v) is 1.33. The third kappa shape index (κ3) is 24.7. The maximum Gasteiger partial charge on any atom is 0.330 e. The standard InChI is InChI=1S/C5H9NO2.2C4H6O2/c1-2-5(8)6-3-4-7;2*1-3(2)4(5)6/h2,7H,1,3-4H2,(H,6,8);2*1H2,2H3,(H,5,6). The van der Waals surface area contributed by atoms with E-state index < -0.39 is 11.9 Å². The second-order valence-corrected chi connectivity index (χ2v) is 3.39. The molecule has 20 heavy (non-hydrogen) atoms. The van der Waals surface area contributed by atoms with Gasteiger partial charge in [-0.1, -0.05) is 19.7 Å². The fourth-order valence-corrected chi connectivity index (χ4v) is 0.251. The van der Waals surface area contributed by atoms with Crippen molar-refractivity contribution in [2.75, 3.05) is 13.2 Å². The van der Waals surface area contributed by atoms with Gasteiger partial charge >= 0.3 is 11.9 Å². The quantitative estimate of drug-likeness (QED) is 0.548. The maximum atomic E-state index is 10.2. The lowest BCUT2D eigenvalue weighted by atomic mass is 10.4. The zero-order valence-electron chi connectivity index (χ0n) is 11.7.